The summed E-state index contributed by atoms with van der Waals surface area (Å²) in [5.41, 5.74) is 3.09. The predicted octanol–water partition coefficient (Wildman–Crippen LogP) is 3.04. The molecule has 0 N–H and O–H groups in total. The molecule has 0 radical (unpaired) electrons. The van der Waals surface area contributed by atoms with Gasteiger partial charge in [-0.2, -0.15) is 0 Å². The van der Waals surface area contributed by atoms with Gasteiger partial charge in [0.05, 0.1) is 8.80 Å². The number of benzene rings is 1. The van der Waals surface area contributed by atoms with Gasteiger partial charge in [0, 0.05) is 0 Å². The molecule has 0 fully saturated rings. The summed E-state index contributed by atoms with van der Waals surface area (Å²) in [7, 11) is -0.628. The number of rotatable bonds is 1. The molecule has 0 aliphatic heterocycles. The van der Waals surface area contributed by atoms with E-state index in [0.29, 0.717) is 0 Å². The summed E-state index contributed by atoms with van der Waals surface area (Å²) in [5.74, 6) is 0. The molecule has 1 aromatic rings. The summed E-state index contributed by atoms with van der Waals surface area (Å²) in [6.07, 6.45) is 4.94. The standard InChI is InChI=1S/C12H16Si/c1-13(2)12-9-5-7-10-6-3-4-8-11(10)12/h3-4,6,8-9,13H,5,7H2,1-2H3. The Kier molecular flexibility index (Phi) is 2.36. The highest BCUT2D eigenvalue weighted by Gasteiger charge is 2.14. The van der Waals surface area contributed by atoms with Crippen molar-refractivity contribution in [3.63, 3.8) is 0 Å². The Balaban J connectivity index is 2.47. The number of fused-ring (bicyclic) bond motifs is 1. The zero-order chi connectivity index (χ0) is 9.26. The van der Waals surface area contributed by atoms with Gasteiger partial charge in [0.1, 0.15) is 0 Å². The molecule has 0 heterocycles. The van der Waals surface area contributed by atoms with Gasteiger partial charge >= 0.3 is 0 Å². The van der Waals surface area contributed by atoms with Gasteiger partial charge in [0.2, 0.25) is 0 Å². The highest BCUT2D eigenvalue weighted by Crippen LogP contribution is 2.27. The molecule has 1 aliphatic carbocycles. The van der Waals surface area contributed by atoms with E-state index in [4.69, 9.17) is 0 Å². The van der Waals surface area contributed by atoms with E-state index in [1.807, 2.05) is 0 Å². The minimum atomic E-state index is -0.628. The Morgan fingerprint density at radius 2 is 1.92 bits per heavy atom. The lowest BCUT2D eigenvalue weighted by atomic mass is 9.97. The third-order valence-electron chi connectivity index (χ3n) is 2.73. The smallest absolute Gasteiger partial charge is 0.0651 e. The first-order valence-electron chi connectivity index (χ1n) is 5.07. The van der Waals surface area contributed by atoms with Gasteiger partial charge in [-0.15, -0.1) is 0 Å². The third kappa shape index (κ3) is 1.61. The van der Waals surface area contributed by atoms with E-state index in [1.165, 1.54) is 18.4 Å². The zero-order valence-corrected chi connectivity index (χ0v) is 9.53. The molecule has 1 heteroatoms. The van der Waals surface area contributed by atoms with E-state index < -0.39 is 8.80 Å². The van der Waals surface area contributed by atoms with E-state index in [-0.39, 0.29) is 0 Å². The summed E-state index contributed by atoms with van der Waals surface area (Å²) in [5, 5.41) is 1.67. The topological polar surface area (TPSA) is 0 Å². The molecule has 0 nitrogen and oxygen atoms in total. The largest absolute Gasteiger partial charge is 0.0847 e. The van der Waals surface area contributed by atoms with E-state index in [9.17, 15) is 0 Å². The van der Waals surface area contributed by atoms with Gasteiger partial charge in [-0.1, -0.05) is 48.6 Å². The van der Waals surface area contributed by atoms with E-state index in [0.717, 1.165) is 0 Å². The van der Waals surface area contributed by atoms with Crippen molar-refractivity contribution in [1.82, 2.24) is 0 Å². The Morgan fingerprint density at radius 1 is 1.15 bits per heavy atom. The molecular formula is C12H16Si. The Hall–Kier alpha value is -0.823. The second-order valence-electron chi connectivity index (χ2n) is 4.01. The lowest BCUT2D eigenvalue weighted by molar-refractivity contribution is 0.982. The normalized spacial score (nSPS) is 15.5. The van der Waals surface area contributed by atoms with Gasteiger partial charge in [0.15, 0.2) is 0 Å². The van der Waals surface area contributed by atoms with Crippen LogP contribution in [-0.4, -0.2) is 8.80 Å². The molecule has 0 saturated carbocycles. The molecule has 1 aromatic carbocycles. The SMILES string of the molecule is C[SiH](C)C1=CCCc2ccccc21. The second kappa shape index (κ2) is 3.50. The quantitative estimate of drug-likeness (QED) is 0.594. The van der Waals surface area contributed by atoms with Crippen LogP contribution in [0.5, 0.6) is 0 Å². The highest BCUT2D eigenvalue weighted by molar-refractivity contribution is 6.76. The fourth-order valence-corrected chi connectivity index (χ4v) is 3.60. The minimum absolute atomic E-state index is 0.628. The highest BCUT2D eigenvalue weighted by atomic mass is 28.3. The fraction of sp³-hybridized carbons (Fsp3) is 0.333. The van der Waals surface area contributed by atoms with Crippen LogP contribution >= 0.6 is 0 Å². The average Bonchev–Trinajstić information content (AvgIpc) is 2.17. The average molecular weight is 188 g/mol. The summed E-state index contributed by atoms with van der Waals surface area (Å²) in [4.78, 5) is 0. The lowest BCUT2D eigenvalue weighted by Crippen LogP contribution is -2.10. The number of hydrogen-bond donors (Lipinski definition) is 0. The molecule has 2 rings (SSSR count). The van der Waals surface area contributed by atoms with E-state index >= 15 is 0 Å². The summed E-state index contributed by atoms with van der Waals surface area (Å²) in [6, 6.07) is 8.88. The van der Waals surface area contributed by atoms with Crippen molar-refractivity contribution in [2.45, 2.75) is 25.9 Å². The molecule has 0 atom stereocenters. The van der Waals surface area contributed by atoms with E-state index in [2.05, 4.69) is 43.4 Å². The fourth-order valence-electron chi connectivity index (χ4n) is 2.06. The van der Waals surface area contributed by atoms with Crippen LogP contribution in [-0.2, 0) is 6.42 Å². The van der Waals surface area contributed by atoms with Gasteiger partial charge in [-0.25, -0.2) is 0 Å². The monoisotopic (exact) mass is 188 g/mol. The van der Waals surface area contributed by atoms with Crippen LogP contribution in [0.2, 0.25) is 13.1 Å². The number of hydrogen-bond acceptors (Lipinski definition) is 0. The molecule has 0 saturated heterocycles. The molecule has 0 unspecified atom stereocenters. The van der Waals surface area contributed by atoms with Gasteiger partial charge in [-0.05, 0) is 24.0 Å². The van der Waals surface area contributed by atoms with E-state index in [1.54, 1.807) is 10.8 Å². The molecule has 0 bridgehead atoms. The zero-order valence-electron chi connectivity index (χ0n) is 8.38. The van der Waals surface area contributed by atoms with Crippen LogP contribution in [0, 0.1) is 0 Å². The van der Waals surface area contributed by atoms with Crippen molar-refractivity contribution in [3.8, 4) is 0 Å². The third-order valence-corrected chi connectivity index (χ3v) is 4.52. The van der Waals surface area contributed by atoms with Crippen LogP contribution in [0.4, 0.5) is 0 Å². The van der Waals surface area contributed by atoms with Crippen LogP contribution in [0.1, 0.15) is 17.5 Å². The van der Waals surface area contributed by atoms with Crippen LogP contribution in [0.15, 0.2) is 30.3 Å². The summed E-state index contributed by atoms with van der Waals surface area (Å²) in [6.45, 7) is 4.82. The maximum absolute atomic E-state index is 2.46. The first-order chi connectivity index (χ1) is 6.29. The lowest BCUT2D eigenvalue weighted by Gasteiger charge is -2.19. The molecule has 0 amide bonds. The van der Waals surface area contributed by atoms with Crippen molar-refractivity contribution in [3.05, 3.63) is 41.5 Å². The van der Waals surface area contributed by atoms with Crippen molar-refractivity contribution in [1.29, 1.82) is 0 Å². The van der Waals surface area contributed by atoms with Gasteiger partial charge in [-0.3, -0.25) is 0 Å². The maximum atomic E-state index is 2.46. The van der Waals surface area contributed by atoms with Crippen molar-refractivity contribution < 1.29 is 0 Å². The summed E-state index contributed by atoms with van der Waals surface area (Å²) >= 11 is 0. The van der Waals surface area contributed by atoms with Gasteiger partial charge < -0.3 is 0 Å². The Labute approximate surface area is 81.9 Å². The van der Waals surface area contributed by atoms with Crippen LogP contribution < -0.4 is 0 Å². The Morgan fingerprint density at radius 3 is 2.69 bits per heavy atom. The summed E-state index contributed by atoms with van der Waals surface area (Å²) < 4.78 is 0. The van der Waals surface area contributed by atoms with Crippen LogP contribution in [0.3, 0.4) is 0 Å². The van der Waals surface area contributed by atoms with Crippen molar-refractivity contribution in [2.75, 3.05) is 0 Å². The Bertz CT molecular complexity index is 337. The van der Waals surface area contributed by atoms with Crippen LogP contribution in [0.25, 0.3) is 5.20 Å². The number of aryl methyl sites for hydroxylation is 1. The maximum Gasteiger partial charge on any atom is 0.0651 e. The molecule has 68 valence electrons. The molecule has 0 aromatic heterocycles. The predicted molar refractivity (Wildman–Crippen MR) is 61.6 cm³/mol. The molecule has 0 spiro atoms. The van der Waals surface area contributed by atoms with Crippen molar-refractivity contribution in [2.24, 2.45) is 0 Å². The molecule has 13 heavy (non-hydrogen) atoms. The van der Waals surface area contributed by atoms with Gasteiger partial charge in [0.25, 0.3) is 0 Å². The molecule has 1 aliphatic rings. The first kappa shape index (κ1) is 8.76. The second-order valence-corrected chi connectivity index (χ2v) is 6.94. The number of allylic oxidation sites excluding steroid dienone is 1. The van der Waals surface area contributed by atoms with Crippen molar-refractivity contribution >= 4 is 14.0 Å². The molecular weight excluding hydrogens is 172 g/mol. The first-order valence-corrected chi connectivity index (χ1v) is 7.96. The minimum Gasteiger partial charge on any atom is -0.0847 e.